The molecule has 1 heterocycles. The van der Waals surface area contributed by atoms with Crippen molar-refractivity contribution in [2.75, 3.05) is 26.2 Å². The van der Waals surface area contributed by atoms with Gasteiger partial charge in [-0.15, -0.1) is 0 Å². The molecule has 2 aliphatic rings. The minimum absolute atomic E-state index is 0.269. The van der Waals surface area contributed by atoms with Gasteiger partial charge < -0.3 is 5.73 Å². The molecule has 2 rings (SSSR count). The summed E-state index contributed by atoms with van der Waals surface area (Å²) in [6.07, 6.45) is 1.92. The van der Waals surface area contributed by atoms with E-state index in [1.165, 1.54) is 0 Å². The lowest BCUT2D eigenvalue weighted by Gasteiger charge is -2.44. The summed E-state index contributed by atoms with van der Waals surface area (Å²) in [6, 6.07) is 0.619. The Morgan fingerprint density at radius 3 is 2.35 bits per heavy atom. The first-order valence-corrected chi connectivity index (χ1v) is 6.97. The third-order valence-corrected chi connectivity index (χ3v) is 4.39. The van der Waals surface area contributed by atoms with Gasteiger partial charge in [-0.05, 0) is 33.1 Å². The quantitative estimate of drug-likeness (QED) is 0.792. The number of hydrogen-bond acceptors (Lipinski definition) is 3. The molecule has 2 fully saturated rings. The molecule has 0 amide bonds. The van der Waals surface area contributed by atoms with Crippen molar-refractivity contribution in [2.24, 2.45) is 5.73 Å². The summed E-state index contributed by atoms with van der Waals surface area (Å²) in [5, 5.41) is 0. The second kappa shape index (κ2) is 5.63. The molecule has 0 aromatic heterocycles. The van der Waals surface area contributed by atoms with E-state index in [1.807, 2.05) is 0 Å². The summed E-state index contributed by atoms with van der Waals surface area (Å²) in [7, 11) is 0. The van der Waals surface area contributed by atoms with Crippen LogP contribution in [0.3, 0.4) is 0 Å². The fraction of sp³-hybridized carbons (Fsp3) is 1.00. The van der Waals surface area contributed by atoms with Gasteiger partial charge in [-0.25, -0.2) is 4.39 Å². The molecule has 0 unspecified atom stereocenters. The van der Waals surface area contributed by atoms with Crippen LogP contribution in [-0.4, -0.2) is 60.3 Å². The Labute approximate surface area is 104 Å². The summed E-state index contributed by atoms with van der Waals surface area (Å²) in [6.45, 7) is 8.75. The Bertz CT molecular complexity index is 239. The second-order valence-electron chi connectivity index (χ2n) is 5.76. The highest BCUT2D eigenvalue weighted by Gasteiger charge is 2.35. The molecule has 0 radical (unpaired) electrons. The van der Waals surface area contributed by atoms with Crippen molar-refractivity contribution in [2.45, 2.75) is 57.4 Å². The van der Waals surface area contributed by atoms with Crippen molar-refractivity contribution in [3.05, 3.63) is 0 Å². The van der Waals surface area contributed by atoms with Crippen LogP contribution >= 0.6 is 0 Å². The largest absolute Gasteiger partial charge is 0.324 e. The van der Waals surface area contributed by atoms with E-state index < -0.39 is 6.17 Å². The highest BCUT2D eigenvalue weighted by Crippen LogP contribution is 2.25. The topological polar surface area (TPSA) is 32.5 Å². The molecule has 0 spiro atoms. The zero-order valence-electron chi connectivity index (χ0n) is 11.1. The summed E-state index contributed by atoms with van der Waals surface area (Å²) in [5.74, 6) is 0. The number of rotatable bonds is 2. The summed E-state index contributed by atoms with van der Waals surface area (Å²) in [5.41, 5.74) is 6.02. The van der Waals surface area contributed by atoms with E-state index in [0.717, 1.165) is 39.0 Å². The first-order valence-electron chi connectivity index (χ1n) is 6.97. The fourth-order valence-corrected chi connectivity index (χ4v) is 3.16. The monoisotopic (exact) mass is 243 g/mol. The summed E-state index contributed by atoms with van der Waals surface area (Å²) in [4.78, 5) is 4.90. The zero-order chi connectivity index (χ0) is 12.4. The molecule has 3 nitrogen and oxygen atoms in total. The third-order valence-electron chi connectivity index (χ3n) is 4.39. The van der Waals surface area contributed by atoms with Crippen LogP contribution in [0.5, 0.6) is 0 Å². The lowest BCUT2D eigenvalue weighted by molar-refractivity contribution is 0.0359. The maximum absolute atomic E-state index is 13.6. The van der Waals surface area contributed by atoms with Crippen molar-refractivity contribution < 1.29 is 4.39 Å². The van der Waals surface area contributed by atoms with Gasteiger partial charge in [-0.3, -0.25) is 9.80 Å². The number of piperazine rings is 1. The second-order valence-corrected chi connectivity index (χ2v) is 5.76. The lowest BCUT2D eigenvalue weighted by Crippen LogP contribution is -2.59. The number of hydrogen-bond donors (Lipinski definition) is 1. The standard InChI is InChI=1S/C13H26FN3/c1-10(2)16-6-8-17(9-7-16)12-5-3-4-11(14)13(12)15/h10-13H,3-9,15H2,1-2H3/t11-,12+,13+/m1/s1. The van der Waals surface area contributed by atoms with Crippen LogP contribution in [0.2, 0.25) is 0 Å². The van der Waals surface area contributed by atoms with Crippen molar-refractivity contribution in [3.63, 3.8) is 0 Å². The average molecular weight is 243 g/mol. The molecule has 3 atom stereocenters. The van der Waals surface area contributed by atoms with Crippen LogP contribution in [-0.2, 0) is 0 Å². The van der Waals surface area contributed by atoms with E-state index >= 15 is 0 Å². The SMILES string of the molecule is CC(C)N1CCN([C@H]2CCC[C@@H](F)[C@@H]2N)CC1. The molecule has 2 N–H and O–H groups in total. The van der Waals surface area contributed by atoms with Crippen molar-refractivity contribution in [1.82, 2.24) is 9.80 Å². The first kappa shape index (κ1) is 13.2. The van der Waals surface area contributed by atoms with Gasteiger partial charge in [0.1, 0.15) is 6.17 Å². The fourth-order valence-electron chi connectivity index (χ4n) is 3.16. The normalized spacial score (nSPS) is 37.6. The molecule has 1 saturated carbocycles. The maximum atomic E-state index is 13.6. The smallest absolute Gasteiger partial charge is 0.117 e. The van der Waals surface area contributed by atoms with Crippen LogP contribution in [0.4, 0.5) is 4.39 Å². The van der Waals surface area contributed by atoms with E-state index in [1.54, 1.807) is 0 Å². The van der Waals surface area contributed by atoms with Crippen LogP contribution in [0.15, 0.2) is 0 Å². The molecule has 0 aromatic carbocycles. The molecule has 1 saturated heterocycles. The van der Waals surface area contributed by atoms with Gasteiger partial charge in [0, 0.05) is 38.3 Å². The van der Waals surface area contributed by atoms with Crippen LogP contribution < -0.4 is 5.73 Å². The predicted molar refractivity (Wildman–Crippen MR) is 68.8 cm³/mol. The van der Waals surface area contributed by atoms with Gasteiger partial charge in [-0.2, -0.15) is 0 Å². The van der Waals surface area contributed by atoms with Gasteiger partial charge in [0.05, 0.1) is 6.04 Å². The zero-order valence-corrected chi connectivity index (χ0v) is 11.1. The number of alkyl halides is 1. The Morgan fingerprint density at radius 2 is 1.76 bits per heavy atom. The minimum Gasteiger partial charge on any atom is -0.324 e. The Hall–Kier alpha value is -0.190. The lowest BCUT2D eigenvalue weighted by atomic mass is 9.88. The third kappa shape index (κ3) is 2.98. The molecular formula is C13H26FN3. The predicted octanol–water partition coefficient (Wildman–Crippen LogP) is 1.23. The molecule has 1 aliphatic carbocycles. The highest BCUT2D eigenvalue weighted by molar-refractivity contribution is 4.93. The molecule has 0 aromatic rings. The molecule has 0 bridgehead atoms. The molecule has 17 heavy (non-hydrogen) atoms. The van der Waals surface area contributed by atoms with Crippen LogP contribution in [0, 0.1) is 0 Å². The Balaban J connectivity index is 1.87. The van der Waals surface area contributed by atoms with Gasteiger partial charge in [-0.1, -0.05) is 0 Å². The molecule has 1 aliphatic heterocycles. The molecular weight excluding hydrogens is 217 g/mol. The summed E-state index contributed by atoms with van der Waals surface area (Å²) < 4.78 is 13.6. The van der Waals surface area contributed by atoms with Crippen molar-refractivity contribution in [1.29, 1.82) is 0 Å². The molecule has 4 heteroatoms. The van der Waals surface area contributed by atoms with Gasteiger partial charge >= 0.3 is 0 Å². The Kier molecular flexibility index (Phi) is 4.39. The van der Waals surface area contributed by atoms with Gasteiger partial charge in [0.25, 0.3) is 0 Å². The highest BCUT2D eigenvalue weighted by atomic mass is 19.1. The van der Waals surface area contributed by atoms with E-state index in [4.69, 9.17) is 5.73 Å². The van der Waals surface area contributed by atoms with E-state index in [9.17, 15) is 4.39 Å². The van der Waals surface area contributed by atoms with E-state index in [0.29, 0.717) is 12.5 Å². The number of halogens is 1. The number of nitrogens with zero attached hydrogens (tertiary/aromatic N) is 2. The van der Waals surface area contributed by atoms with Gasteiger partial charge in [0.2, 0.25) is 0 Å². The minimum atomic E-state index is -0.795. The summed E-state index contributed by atoms with van der Waals surface area (Å²) >= 11 is 0. The maximum Gasteiger partial charge on any atom is 0.117 e. The van der Waals surface area contributed by atoms with Crippen LogP contribution in [0.1, 0.15) is 33.1 Å². The van der Waals surface area contributed by atoms with E-state index in [-0.39, 0.29) is 12.1 Å². The van der Waals surface area contributed by atoms with Gasteiger partial charge in [0.15, 0.2) is 0 Å². The first-order chi connectivity index (χ1) is 8.09. The number of nitrogens with two attached hydrogens (primary N) is 1. The van der Waals surface area contributed by atoms with Crippen molar-refractivity contribution >= 4 is 0 Å². The van der Waals surface area contributed by atoms with E-state index in [2.05, 4.69) is 23.6 Å². The Morgan fingerprint density at radius 1 is 1.12 bits per heavy atom. The molecule has 100 valence electrons. The average Bonchev–Trinajstić information content (AvgIpc) is 2.33. The van der Waals surface area contributed by atoms with Crippen LogP contribution in [0.25, 0.3) is 0 Å². The van der Waals surface area contributed by atoms with Crippen molar-refractivity contribution in [3.8, 4) is 0 Å².